The Morgan fingerprint density at radius 3 is 2.31 bits per heavy atom. The van der Waals surface area contributed by atoms with Crippen LogP contribution in [0.1, 0.15) is 27.0 Å². The Balaban J connectivity index is 1.94. The number of benzene rings is 3. The van der Waals surface area contributed by atoms with Gasteiger partial charge >= 0.3 is 0 Å². The van der Waals surface area contributed by atoms with Gasteiger partial charge in [0.05, 0.1) is 16.8 Å². The maximum absolute atomic E-state index is 13.4. The van der Waals surface area contributed by atoms with Crippen LogP contribution in [-0.4, -0.2) is 10.9 Å². The summed E-state index contributed by atoms with van der Waals surface area (Å²) in [4.78, 5) is 18.4. The lowest BCUT2D eigenvalue weighted by Crippen LogP contribution is -2.15. The van der Waals surface area contributed by atoms with Gasteiger partial charge in [0.2, 0.25) is 0 Å². The van der Waals surface area contributed by atoms with Crippen molar-refractivity contribution in [3.8, 4) is 11.3 Å². The molecule has 0 aliphatic carbocycles. The Labute approximate surface area is 178 Å². The molecule has 1 heterocycles. The maximum atomic E-state index is 13.4. The summed E-state index contributed by atoms with van der Waals surface area (Å²) >= 11 is 3.43. The summed E-state index contributed by atoms with van der Waals surface area (Å²) in [6.07, 6.45) is 0. The summed E-state index contributed by atoms with van der Waals surface area (Å²) < 4.78 is 0.971. The van der Waals surface area contributed by atoms with Crippen LogP contribution < -0.4 is 5.32 Å². The van der Waals surface area contributed by atoms with Gasteiger partial charge in [-0.25, -0.2) is 4.98 Å². The molecule has 1 N–H and O–H groups in total. The van der Waals surface area contributed by atoms with Crippen molar-refractivity contribution in [3.63, 3.8) is 0 Å². The van der Waals surface area contributed by atoms with E-state index in [9.17, 15) is 4.79 Å². The summed E-state index contributed by atoms with van der Waals surface area (Å²) in [5.41, 5.74) is 7.19. The molecule has 4 rings (SSSR count). The van der Waals surface area contributed by atoms with Gasteiger partial charge in [-0.1, -0.05) is 57.9 Å². The van der Waals surface area contributed by atoms with Gasteiger partial charge in [-0.15, -0.1) is 0 Å². The number of amides is 1. The van der Waals surface area contributed by atoms with Crippen LogP contribution >= 0.6 is 15.9 Å². The molecule has 0 aliphatic heterocycles. The van der Waals surface area contributed by atoms with Crippen LogP contribution in [0.15, 0.2) is 71.2 Å². The number of nitrogens with one attached hydrogen (secondary N) is 1. The summed E-state index contributed by atoms with van der Waals surface area (Å²) in [5.74, 6) is -0.126. The smallest absolute Gasteiger partial charge is 0.256 e. The van der Waals surface area contributed by atoms with Crippen molar-refractivity contribution in [1.29, 1.82) is 0 Å². The molecule has 0 spiro atoms. The van der Waals surface area contributed by atoms with Crippen molar-refractivity contribution in [1.82, 2.24) is 4.98 Å². The zero-order chi connectivity index (χ0) is 20.5. The molecule has 0 atom stereocenters. The topological polar surface area (TPSA) is 42.0 Å². The molecule has 0 saturated carbocycles. The number of carbonyl (C=O) groups excluding carboxylic acids is 1. The van der Waals surface area contributed by atoms with E-state index in [4.69, 9.17) is 4.98 Å². The lowest BCUT2D eigenvalue weighted by molar-refractivity contribution is 0.102. The summed E-state index contributed by atoms with van der Waals surface area (Å²) in [6.45, 7) is 6.06. The fourth-order valence-corrected chi connectivity index (χ4v) is 3.98. The molecule has 4 aromatic rings. The van der Waals surface area contributed by atoms with Crippen LogP contribution in [0.2, 0.25) is 0 Å². The van der Waals surface area contributed by atoms with Crippen molar-refractivity contribution in [2.24, 2.45) is 0 Å². The number of rotatable bonds is 3. The Morgan fingerprint density at radius 1 is 0.931 bits per heavy atom. The highest BCUT2D eigenvalue weighted by Gasteiger charge is 2.20. The summed E-state index contributed by atoms with van der Waals surface area (Å²) in [6, 6.07) is 21.8. The van der Waals surface area contributed by atoms with Crippen molar-refractivity contribution in [2.45, 2.75) is 20.8 Å². The van der Waals surface area contributed by atoms with Crippen LogP contribution in [-0.2, 0) is 0 Å². The SMILES string of the molecule is Cc1cc(C)c2nc(-c3ccccc3)c(C)c(C(=O)Nc3ccc(Br)cc3)c2c1. The molecule has 144 valence electrons. The van der Waals surface area contributed by atoms with Gasteiger partial charge in [0.15, 0.2) is 0 Å². The van der Waals surface area contributed by atoms with E-state index in [-0.39, 0.29) is 5.91 Å². The average molecular weight is 445 g/mol. The normalized spacial score (nSPS) is 10.9. The largest absolute Gasteiger partial charge is 0.322 e. The van der Waals surface area contributed by atoms with Crippen LogP contribution in [0.25, 0.3) is 22.2 Å². The number of halogens is 1. The lowest BCUT2D eigenvalue weighted by Gasteiger charge is -2.16. The molecular weight excluding hydrogens is 424 g/mol. The Morgan fingerprint density at radius 2 is 1.62 bits per heavy atom. The van der Waals surface area contributed by atoms with E-state index in [1.165, 1.54) is 0 Å². The van der Waals surface area contributed by atoms with Gasteiger partial charge in [-0.2, -0.15) is 0 Å². The second-order valence-electron chi connectivity index (χ2n) is 7.27. The minimum absolute atomic E-state index is 0.126. The molecule has 1 aromatic heterocycles. The van der Waals surface area contributed by atoms with E-state index in [0.29, 0.717) is 5.56 Å². The standard InChI is InChI=1S/C25H21BrN2O/c1-15-13-16(2)23-21(14-15)22(25(29)27-20-11-9-19(26)10-12-20)17(3)24(28-23)18-7-5-4-6-8-18/h4-14H,1-3H3,(H,27,29). The molecule has 1 amide bonds. The molecule has 0 bridgehead atoms. The third-order valence-corrected chi connectivity index (χ3v) is 5.57. The molecular formula is C25H21BrN2O. The number of carbonyl (C=O) groups is 1. The number of hydrogen-bond acceptors (Lipinski definition) is 2. The van der Waals surface area contributed by atoms with E-state index < -0.39 is 0 Å². The molecule has 0 fully saturated rings. The van der Waals surface area contributed by atoms with Gasteiger partial charge in [-0.05, 0) is 62.2 Å². The van der Waals surface area contributed by atoms with E-state index >= 15 is 0 Å². The molecule has 0 radical (unpaired) electrons. The zero-order valence-corrected chi connectivity index (χ0v) is 18.2. The number of aromatic nitrogens is 1. The van der Waals surface area contributed by atoms with E-state index in [1.807, 2.05) is 81.4 Å². The predicted octanol–water partition coefficient (Wildman–Crippen LogP) is 6.84. The lowest BCUT2D eigenvalue weighted by atomic mass is 9.94. The van der Waals surface area contributed by atoms with Crippen LogP contribution in [0.5, 0.6) is 0 Å². The molecule has 4 heteroatoms. The molecule has 29 heavy (non-hydrogen) atoms. The van der Waals surface area contributed by atoms with Crippen molar-refractivity contribution in [2.75, 3.05) is 5.32 Å². The Kier molecular flexibility index (Phi) is 5.20. The van der Waals surface area contributed by atoms with Crippen LogP contribution in [0, 0.1) is 20.8 Å². The molecule has 0 aliphatic rings. The second kappa shape index (κ2) is 7.80. The first-order valence-electron chi connectivity index (χ1n) is 9.48. The number of fused-ring (bicyclic) bond motifs is 1. The number of hydrogen-bond donors (Lipinski definition) is 1. The number of aryl methyl sites for hydroxylation is 2. The highest BCUT2D eigenvalue weighted by atomic mass is 79.9. The van der Waals surface area contributed by atoms with Crippen molar-refractivity contribution >= 4 is 38.4 Å². The maximum Gasteiger partial charge on any atom is 0.256 e. The number of pyridine rings is 1. The van der Waals surface area contributed by atoms with Gasteiger partial charge in [0.1, 0.15) is 0 Å². The fraction of sp³-hybridized carbons (Fsp3) is 0.120. The molecule has 0 unspecified atom stereocenters. The fourth-order valence-electron chi connectivity index (χ4n) is 3.71. The summed E-state index contributed by atoms with van der Waals surface area (Å²) in [5, 5.41) is 3.93. The zero-order valence-electron chi connectivity index (χ0n) is 16.6. The third kappa shape index (κ3) is 3.81. The van der Waals surface area contributed by atoms with Gasteiger partial charge in [0, 0.05) is 21.1 Å². The van der Waals surface area contributed by atoms with Crippen LogP contribution in [0.4, 0.5) is 5.69 Å². The first kappa shape index (κ1) is 19.3. The number of anilines is 1. The highest BCUT2D eigenvalue weighted by molar-refractivity contribution is 9.10. The minimum Gasteiger partial charge on any atom is -0.322 e. The predicted molar refractivity (Wildman–Crippen MR) is 123 cm³/mol. The van der Waals surface area contributed by atoms with Crippen LogP contribution in [0.3, 0.4) is 0 Å². The van der Waals surface area contributed by atoms with Crippen molar-refractivity contribution in [3.05, 3.63) is 93.5 Å². The Hall–Kier alpha value is -2.98. The van der Waals surface area contributed by atoms with Crippen molar-refractivity contribution < 1.29 is 4.79 Å². The molecule has 0 saturated heterocycles. The highest BCUT2D eigenvalue weighted by Crippen LogP contribution is 2.32. The van der Waals surface area contributed by atoms with Gasteiger partial charge in [0.25, 0.3) is 5.91 Å². The second-order valence-corrected chi connectivity index (χ2v) is 8.18. The average Bonchev–Trinajstić information content (AvgIpc) is 2.70. The summed E-state index contributed by atoms with van der Waals surface area (Å²) in [7, 11) is 0. The van der Waals surface area contributed by atoms with E-state index in [2.05, 4.69) is 27.3 Å². The monoisotopic (exact) mass is 444 g/mol. The Bertz CT molecular complexity index is 1220. The van der Waals surface area contributed by atoms with E-state index in [0.717, 1.165) is 49.0 Å². The quantitative estimate of drug-likeness (QED) is 0.375. The van der Waals surface area contributed by atoms with E-state index in [1.54, 1.807) is 0 Å². The minimum atomic E-state index is -0.126. The third-order valence-electron chi connectivity index (χ3n) is 5.04. The van der Waals surface area contributed by atoms with Gasteiger partial charge in [-0.3, -0.25) is 4.79 Å². The van der Waals surface area contributed by atoms with Gasteiger partial charge < -0.3 is 5.32 Å². The molecule has 3 aromatic carbocycles. The first-order chi connectivity index (χ1) is 13.9. The molecule has 3 nitrogen and oxygen atoms in total. The number of nitrogens with zero attached hydrogens (tertiary/aromatic N) is 1. The first-order valence-corrected chi connectivity index (χ1v) is 10.3.